The highest BCUT2D eigenvalue weighted by molar-refractivity contribution is 5.93. The van der Waals surface area contributed by atoms with Crippen molar-refractivity contribution in [3.05, 3.63) is 59.1 Å². The predicted octanol–water partition coefficient (Wildman–Crippen LogP) is 4.01. The van der Waals surface area contributed by atoms with E-state index < -0.39 is 0 Å². The fourth-order valence-electron chi connectivity index (χ4n) is 3.84. The van der Waals surface area contributed by atoms with E-state index in [2.05, 4.69) is 46.4 Å². The summed E-state index contributed by atoms with van der Waals surface area (Å²) < 4.78 is 5.44. The second-order valence-corrected chi connectivity index (χ2v) is 7.29. The first kappa shape index (κ1) is 17.5. The van der Waals surface area contributed by atoms with Crippen molar-refractivity contribution in [1.82, 2.24) is 20.1 Å². The lowest BCUT2D eigenvalue weighted by atomic mass is 9.90. The second-order valence-electron chi connectivity index (χ2n) is 7.29. The van der Waals surface area contributed by atoms with Crippen LogP contribution in [0, 0.1) is 20.8 Å². The van der Waals surface area contributed by atoms with Crippen molar-refractivity contribution < 1.29 is 9.21 Å². The van der Waals surface area contributed by atoms with Crippen LogP contribution in [0.1, 0.15) is 52.2 Å². The highest BCUT2D eigenvalue weighted by atomic mass is 16.4. The van der Waals surface area contributed by atoms with E-state index in [0.717, 1.165) is 36.2 Å². The molecule has 1 aliphatic rings. The summed E-state index contributed by atoms with van der Waals surface area (Å²) in [7, 11) is 0. The van der Waals surface area contributed by atoms with Crippen LogP contribution in [0.2, 0.25) is 0 Å². The molecular formula is C21H24N4O2. The number of hydrogen-bond acceptors (Lipinski definition) is 4. The van der Waals surface area contributed by atoms with E-state index >= 15 is 0 Å². The van der Waals surface area contributed by atoms with Gasteiger partial charge in [0.15, 0.2) is 11.6 Å². The second kappa shape index (κ2) is 7.02. The summed E-state index contributed by atoms with van der Waals surface area (Å²) in [6.07, 6.45) is 3.87. The van der Waals surface area contributed by atoms with Gasteiger partial charge in [-0.25, -0.2) is 4.98 Å². The van der Waals surface area contributed by atoms with Crippen molar-refractivity contribution in [2.45, 2.75) is 39.5 Å². The minimum absolute atomic E-state index is 0.0505. The molecule has 0 bridgehead atoms. The van der Waals surface area contributed by atoms with Gasteiger partial charge in [-0.05, 0) is 32.3 Å². The first-order chi connectivity index (χ1) is 13.0. The number of likely N-dealkylation sites (tertiary alicyclic amines) is 1. The number of piperidine rings is 1. The van der Waals surface area contributed by atoms with Crippen LogP contribution in [0.25, 0.3) is 11.1 Å². The average Bonchev–Trinajstić information content (AvgIpc) is 3.28. The Morgan fingerprint density at radius 2 is 2.00 bits per heavy atom. The van der Waals surface area contributed by atoms with Crippen LogP contribution in [-0.2, 0) is 0 Å². The van der Waals surface area contributed by atoms with Crippen LogP contribution in [-0.4, -0.2) is 39.1 Å². The Labute approximate surface area is 158 Å². The normalized spacial score (nSPS) is 17.3. The summed E-state index contributed by atoms with van der Waals surface area (Å²) in [5.41, 5.74) is 5.02. The number of aryl methyl sites for hydroxylation is 3. The molecule has 6 nitrogen and oxygen atoms in total. The van der Waals surface area contributed by atoms with E-state index in [-0.39, 0.29) is 11.8 Å². The molecule has 0 unspecified atom stereocenters. The number of aromatic nitrogens is 3. The van der Waals surface area contributed by atoms with Crippen molar-refractivity contribution >= 4 is 5.91 Å². The number of carbonyl (C=O) groups excluding carboxylic acids is 1. The first-order valence-corrected chi connectivity index (χ1v) is 9.36. The van der Waals surface area contributed by atoms with E-state index in [1.807, 2.05) is 11.1 Å². The number of carbonyl (C=O) groups is 1. The largest absolute Gasteiger partial charge is 0.445 e. The van der Waals surface area contributed by atoms with E-state index in [1.165, 1.54) is 5.56 Å². The molecule has 6 heteroatoms. The van der Waals surface area contributed by atoms with Crippen LogP contribution in [0.3, 0.4) is 0 Å². The number of oxazole rings is 1. The smallest absolute Gasteiger partial charge is 0.276 e. The van der Waals surface area contributed by atoms with E-state index in [1.54, 1.807) is 13.8 Å². The van der Waals surface area contributed by atoms with E-state index in [0.29, 0.717) is 23.9 Å². The molecule has 2 aromatic heterocycles. The topological polar surface area (TPSA) is 75.0 Å². The number of nitrogens with one attached hydrogen (secondary N) is 1. The Morgan fingerprint density at radius 1 is 1.22 bits per heavy atom. The molecule has 27 heavy (non-hydrogen) atoms. The molecule has 0 radical (unpaired) electrons. The Bertz CT molecular complexity index is 955. The molecule has 0 aliphatic carbocycles. The van der Waals surface area contributed by atoms with Gasteiger partial charge in [0.25, 0.3) is 5.91 Å². The van der Waals surface area contributed by atoms with Gasteiger partial charge in [0.2, 0.25) is 0 Å². The van der Waals surface area contributed by atoms with Gasteiger partial charge in [0.05, 0.1) is 6.20 Å². The van der Waals surface area contributed by atoms with Gasteiger partial charge in [-0.1, -0.05) is 29.8 Å². The number of hydrogen-bond donors (Lipinski definition) is 1. The van der Waals surface area contributed by atoms with Gasteiger partial charge in [-0.3, -0.25) is 9.89 Å². The molecule has 3 heterocycles. The monoisotopic (exact) mass is 364 g/mol. The Kier molecular flexibility index (Phi) is 4.56. The van der Waals surface area contributed by atoms with Gasteiger partial charge in [-0.15, -0.1) is 0 Å². The highest BCUT2D eigenvalue weighted by Gasteiger charge is 2.30. The zero-order chi connectivity index (χ0) is 19.0. The molecule has 140 valence electrons. The van der Waals surface area contributed by atoms with Crippen molar-refractivity contribution in [2.24, 2.45) is 0 Å². The summed E-state index contributed by atoms with van der Waals surface area (Å²) in [5, 5.41) is 7.47. The van der Waals surface area contributed by atoms with Crippen molar-refractivity contribution in [3.63, 3.8) is 0 Å². The maximum atomic E-state index is 12.9. The fourth-order valence-corrected chi connectivity index (χ4v) is 3.84. The van der Waals surface area contributed by atoms with Gasteiger partial charge in [-0.2, -0.15) is 5.10 Å². The van der Waals surface area contributed by atoms with Gasteiger partial charge in [0.1, 0.15) is 5.76 Å². The summed E-state index contributed by atoms with van der Waals surface area (Å²) in [5.74, 6) is 1.29. The number of nitrogens with zero attached hydrogens (tertiary/aromatic N) is 3. The van der Waals surface area contributed by atoms with Crippen LogP contribution >= 0.6 is 0 Å². The van der Waals surface area contributed by atoms with Crippen LogP contribution in [0.15, 0.2) is 34.9 Å². The Balaban J connectivity index is 1.57. The number of benzene rings is 1. The predicted molar refractivity (Wildman–Crippen MR) is 103 cm³/mol. The lowest BCUT2D eigenvalue weighted by Crippen LogP contribution is -2.39. The van der Waals surface area contributed by atoms with Crippen LogP contribution < -0.4 is 0 Å². The SMILES string of the molecule is Cc1ccc(-c2cn[nH]c2[C@@H]2CCCN(C(=O)c3nc(C)oc3C)C2)cc1. The molecule has 1 N–H and O–H groups in total. The molecule has 1 aromatic carbocycles. The van der Waals surface area contributed by atoms with Gasteiger partial charge >= 0.3 is 0 Å². The Morgan fingerprint density at radius 3 is 2.70 bits per heavy atom. The van der Waals surface area contributed by atoms with Crippen molar-refractivity contribution in [2.75, 3.05) is 13.1 Å². The molecule has 1 fully saturated rings. The number of amides is 1. The summed E-state index contributed by atoms with van der Waals surface area (Å²) in [4.78, 5) is 19.1. The number of aromatic amines is 1. The van der Waals surface area contributed by atoms with Crippen molar-refractivity contribution in [1.29, 1.82) is 0 Å². The van der Waals surface area contributed by atoms with E-state index in [9.17, 15) is 4.79 Å². The van der Waals surface area contributed by atoms with Gasteiger partial charge in [0, 0.05) is 37.2 Å². The minimum atomic E-state index is -0.0505. The summed E-state index contributed by atoms with van der Waals surface area (Å²) >= 11 is 0. The molecule has 0 saturated carbocycles. The molecule has 1 atom stereocenters. The molecular weight excluding hydrogens is 340 g/mol. The van der Waals surface area contributed by atoms with Crippen molar-refractivity contribution in [3.8, 4) is 11.1 Å². The number of rotatable bonds is 3. The van der Waals surface area contributed by atoms with Gasteiger partial charge < -0.3 is 9.32 Å². The lowest BCUT2D eigenvalue weighted by Gasteiger charge is -2.32. The van der Waals surface area contributed by atoms with E-state index in [4.69, 9.17) is 4.42 Å². The summed E-state index contributed by atoms with van der Waals surface area (Å²) in [6, 6.07) is 8.46. The highest BCUT2D eigenvalue weighted by Crippen LogP contribution is 2.33. The van der Waals surface area contributed by atoms with Crippen LogP contribution in [0.5, 0.6) is 0 Å². The van der Waals surface area contributed by atoms with Crippen LogP contribution in [0.4, 0.5) is 0 Å². The minimum Gasteiger partial charge on any atom is -0.445 e. The molecule has 1 aliphatic heterocycles. The first-order valence-electron chi connectivity index (χ1n) is 9.36. The molecule has 1 saturated heterocycles. The molecule has 4 rings (SSSR count). The maximum Gasteiger partial charge on any atom is 0.276 e. The zero-order valence-corrected chi connectivity index (χ0v) is 16.0. The maximum absolute atomic E-state index is 12.9. The standard InChI is InChI=1S/C21H24N4O2/c1-13-6-8-16(9-7-13)18-11-22-24-20(18)17-5-4-10-25(12-17)21(26)19-14(2)27-15(3)23-19/h6-9,11,17H,4-5,10,12H2,1-3H3,(H,22,24)/t17-/m1/s1. The third-order valence-electron chi connectivity index (χ3n) is 5.25. The summed E-state index contributed by atoms with van der Waals surface area (Å²) in [6.45, 7) is 7.04. The molecule has 1 amide bonds. The lowest BCUT2D eigenvalue weighted by molar-refractivity contribution is 0.0699. The quantitative estimate of drug-likeness (QED) is 0.762. The zero-order valence-electron chi connectivity index (χ0n) is 16.0. The average molecular weight is 364 g/mol. The Hall–Kier alpha value is -2.89. The number of H-pyrrole nitrogens is 1. The molecule has 0 spiro atoms. The third kappa shape index (κ3) is 3.39. The fraction of sp³-hybridized carbons (Fsp3) is 0.381. The third-order valence-corrected chi connectivity index (χ3v) is 5.25. The molecule has 3 aromatic rings.